The van der Waals surface area contributed by atoms with Crippen molar-refractivity contribution in [2.24, 2.45) is 10.1 Å². The second-order valence-corrected chi connectivity index (χ2v) is 9.28. The SMILES string of the molecule is COc1c(C)cnc(Cn2nc3cc(CCN[C@@H]4CCOC4)c4c-3c(n2)C(N)=NSC4)c1C. The molecule has 0 unspecified atom stereocenters. The molecule has 10 heteroatoms. The zero-order chi connectivity index (χ0) is 22.9. The minimum Gasteiger partial charge on any atom is -0.496 e. The second kappa shape index (κ2) is 9.28. The van der Waals surface area contributed by atoms with Crippen LogP contribution in [-0.4, -0.2) is 58.7 Å². The van der Waals surface area contributed by atoms with Crippen LogP contribution in [0.25, 0.3) is 11.3 Å². The summed E-state index contributed by atoms with van der Waals surface area (Å²) < 4.78 is 15.5. The summed E-state index contributed by atoms with van der Waals surface area (Å²) in [5.41, 5.74) is 14.3. The monoisotopic (exact) mass is 467 g/mol. The van der Waals surface area contributed by atoms with Gasteiger partial charge < -0.3 is 20.5 Å². The van der Waals surface area contributed by atoms with Crippen LogP contribution in [0, 0.1) is 13.8 Å². The molecule has 4 heterocycles. The highest BCUT2D eigenvalue weighted by molar-refractivity contribution is 7.97. The predicted molar refractivity (Wildman–Crippen MR) is 129 cm³/mol. The van der Waals surface area contributed by atoms with Crippen molar-refractivity contribution < 1.29 is 9.47 Å². The molecule has 1 aromatic rings. The van der Waals surface area contributed by atoms with Gasteiger partial charge in [0.2, 0.25) is 0 Å². The molecular formula is C23H29N7O2S. The maximum Gasteiger partial charge on any atom is 0.160 e. The van der Waals surface area contributed by atoms with Crippen molar-refractivity contribution in [3.63, 3.8) is 0 Å². The first-order chi connectivity index (χ1) is 16.0. The first kappa shape index (κ1) is 22.1. The van der Waals surface area contributed by atoms with Crippen LogP contribution in [0.1, 0.15) is 40.1 Å². The summed E-state index contributed by atoms with van der Waals surface area (Å²) in [5, 5.41) is 13.2. The molecule has 4 aliphatic rings. The molecule has 1 saturated heterocycles. The van der Waals surface area contributed by atoms with Gasteiger partial charge in [0.1, 0.15) is 18.0 Å². The Morgan fingerprint density at radius 3 is 3.00 bits per heavy atom. The molecule has 174 valence electrons. The first-order valence-corrected chi connectivity index (χ1v) is 12.1. The van der Waals surface area contributed by atoms with Crippen LogP contribution in [0.3, 0.4) is 0 Å². The van der Waals surface area contributed by atoms with E-state index in [1.165, 1.54) is 23.1 Å². The molecule has 1 aromatic heterocycles. The number of hydrogen-bond acceptors (Lipinski definition) is 9. The van der Waals surface area contributed by atoms with Gasteiger partial charge in [0.25, 0.3) is 0 Å². The highest BCUT2D eigenvalue weighted by Crippen LogP contribution is 2.37. The zero-order valence-corrected chi connectivity index (χ0v) is 20.0. The Morgan fingerprint density at radius 2 is 2.21 bits per heavy atom. The van der Waals surface area contributed by atoms with Gasteiger partial charge in [0.15, 0.2) is 5.84 Å². The lowest BCUT2D eigenvalue weighted by molar-refractivity contribution is 0.190. The molecule has 5 rings (SSSR count). The van der Waals surface area contributed by atoms with Gasteiger partial charge in [-0.1, -0.05) is 0 Å². The van der Waals surface area contributed by atoms with E-state index in [9.17, 15) is 0 Å². The lowest BCUT2D eigenvalue weighted by atomic mass is 10.1. The van der Waals surface area contributed by atoms with Crippen molar-refractivity contribution in [3.8, 4) is 17.0 Å². The molecule has 0 spiro atoms. The van der Waals surface area contributed by atoms with Crippen LogP contribution >= 0.6 is 11.9 Å². The van der Waals surface area contributed by atoms with E-state index in [2.05, 4.69) is 20.8 Å². The topological polar surface area (TPSA) is 112 Å². The number of methoxy groups -OCH3 is 1. The maximum atomic E-state index is 6.32. The van der Waals surface area contributed by atoms with E-state index in [0.717, 1.165) is 72.2 Å². The van der Waals surface area contributed by atoms with E-state index >= 15 is 0 Å². The van der Waals surface area contributed by atoms with Crippen molar-refractivity contribution in [3.05, 3.63) is 45.9 Å². The number of nitrogens with two attached hydrogens (primary N) is 1. The maximum absolute atomic E-state index is 6.32. The summed E-state index contributed by atoms with van der Waals surface area (Å²) in [6.45, 7) is 6.95. The summed E-state index contributed by atoms with van der Waals surface area (Å²) in [5.74, 6) is 2.04. The summed E-state index contributed by atoms with van der Waals surface area (Å²) in [4.78, 5) is 6.27. The lowest BCUT2D eigenvalue weighted by Gasteiger charge is -2.15. The third-order valence-corrected chi connectivity index (χ3v) is 7.09. The number of amidine groups is 1. The lowest BCUT2D eigenvalue weighted by Crippen LogP contribution is -2.30. The van der Waals surface area contributed by atoms with Crippen LogP contribution < -0.4 is 15.8 Å². The molecule has 1 aliphatic carbocycles. The average Bonchev–Trinajstić information content (AvgIpc) is 3.39. The Hall–Kier alpha value is -2.69. The normalized spacial score (nSPS) is 17.9. The molecule has 3 aliphatic heterocycles. The molecule has 9 nitrogen and oxygen atoms in total. The van der Waals surface area contributed by atoms with Gasteiger partial charge in [-0.2, -0.15) is 19.4 Å². The van der Waals surface area contributed by atoms with Crippen LogP contribution in [0.5, 0.6) is 5.75 Å². The molecule has 0 radical (unpaired) electrons. The van der Waals surface area contributed by atoms with E-state index in [1.54, 1.807) is 11.9 Å². The number of pyridine rings is 1. The van der Waals surface area contributed by atoms with Crippen LogP contribution in [0.15, 0.2) is 16.7 Å². The van der Waals surface area contributed by atoms with E-state index in [1.807, 2.05) is 20.0 Å². The Kier molecular flexibility index (Phi) is 6.22. The van der Waals surface area contributed by atoms with Crippen molar-refractivity contribution in [2.75, 3.05) is 26.9 Å². The van der Waals surface area contributed by atoms with Gasteiger partial charge in [0, 0.05) is 41.3 Å². The molecule has 1 fully saturated rings. The highest BCUT2D eigenvalue weighted by atomic mass is 32.2. The van der Waals surface area contributed by atoms with E-state index in [4.69, 9.17) is 25.4 Å². The van der Waals surface area contributed by atoms with Crippen molar-refractivity contribution in [2.45, 2.75) is 45.0 Å². The second-order valence-electron chi connectivity index (χ2n) is 8.55. The third kappa shape index (κ3) is 4.30. The quantitative estimate of drug-likeness (QED) is 0.509. The number of nitrogens with zero attached hydrogens (tertiary/aromatic N) is 5. The van der Waals surface area contributed by atoms with Crippen molar-refractivity contribution in [1.82, 2.24) is 25.3 Å². The summed E-state index contributed by atoms with van der Waals surface area (Å²) in [7, 11) is 1.68. The van der Waals surface area contributed by atoms with E-state index in [0.29, 0.717) is 24.1 Å². The fourth-order valence-corrected chi connectivity index (χ4v) is 5.36. The highest BCUT2D eigenvalue weighted by Gasteiger charge is 2.27. The smallest absolute Gasteiger partial charge is 0.160 e. The molecule has 0 aromatic carbocycles. The average molecular weight is 468 g/mol. The minimum atomic E-state index is 0.422. The van der Waals surface area contributed by atoms with Crippen LogP contribution in [-0.2, 0) is 23.5 Å². The largest absolute Gasteiger partial charge is 0.496 e. The van der Waals surface area contributed by atoms with Crippen LogP contribution in [0.4, 0.5) is 0 Å². The molecule has 0 bridgehead atoms. The Balaban J connectivity index is 1.47. The van der Waals surface area contributed by atoms with Gasteiger partial charge in [0.05, 0.1) is 25.1 Å². The van der Waals surface area contributed by atoms with Crippen molar-refractivity contribution in [1.29, 1.82) is 0 Å². The Bertz CT molecular complexity index is 1170. The standard InChI is InChI=1S/C23H29N7O2S/c1-13-9-26-19(14(2)22(13)31-3)10-30-27-18-8-15(4-6-25-16-5-7-32-11-16)17-12-33-29-23(24)21(28-30)20(17)18/h8-9,16,25H,4-7,10-12H2,1-3H3,(H2,24,29)/t16-/m1/s1. The molecule has 3 N–H and O–H groups in total. The summed E-state index contributed by atoms with van der Waals surface area (Å²) in [6, 6.07) is 2.62. The molecular weight excluding hydrogens is 438 g/mol. The van der Waals surface area contributed by atoms with E-state index < -0.39 is 0 Å². The van der Waals surface area contributed by atoms with Gasteiger partial charge in [-0.3, -0.25) is 4.98 Å². The van der Waals surface area contributed by atoms with Gasteiger partial charge in [-0.05, 0) is 62.4 Å². The number of aromatic nitrogens is 4. The number of rotatable bonds is 7. The van der Waals surface area contributed by atoms with Crippen molar-refractivity contribution >= 4 is 17.8 Å². The number of aryl methyl sites for hydroxylation is 1. The zero-order valence-electron chi connectivity index (χ0n) is 19.2. The Morgan fingerprint density at radius 1 is 1.33 bits per heavy atom. The molecule has 0 amide bonds. The Labute approximate surface area is 197 Å². The third-order valence-electron chi connectivity index (χ3n) is 6.34. The minimum absolute atomic E-state index is 0.422. The number of ether oxygens (including phenoxy) is 2. The summed E-state index contributed by atoms with van der Waals surface area (Å²) in [6.07, 6.45) is 3.81. The fourth-order valence-electron chi connectivity index (χ4n) is 4.61. The molecule has 33 heavy (non-hydrogen) atoms. The first-order valence-electron chi connectivity index (χ1n) is 11.2. The van der Waals surface area contributed by atoms with Gasteiger partial charge in [-0.15, -0.1) is 0 Å². The molecule has 0 saturated carbocycles. The number of hydrogen-bond donors (Lipinski definition) is 2. The summed E-state index contributed by atoms with van der Waals surface area (Å²) >= 11 is 1.47. The van der Waals surface area contributed by atoms with Crippen LogP contribution in [0.2, 0.25) is 0 Å². The molecule has 1 atom stereocenters. The number of nitrogens with one attached hydrogen (secondary N) is 1. The van der Waals surface area contributed by atoms with E-state index in [-0.39, 0.29) is 0 Å². The predicted octanol–water partition coefficient (Wildman–Crippen LogP) is 2.24. The fraction of sp³-hybridized carbons (Fsp3) is 0.478. The van der Waals surface area contributed by atoms with Gasteiger partial charge in [-0.25, -0.2) is 0 Å². The van der Waals surface area contributed by atoms with Gasteiger partial charge >= 0.3 is 0 Å².